The van der Waals surface area contributed by atoms with E-state index in [1.165, 1.54) is 18.2 Å². The fraction of sp³-hybridized carbons (Fsp3) is 0.111. The van der Waals surface area contributed by atoms with Crippen LogP contribution in [-0.2, 0) is 6.61 Å². The maximum atomic E-state index is 10.5. The molecule has 4 nitrogen and oxygen atoms in total. The molecule has 0 saturated heterocycles. The van der Waals surface area contributed by atoms with Crippen LogP contribution in [0.3, 0.4) is 0 Å². The SMILES string of the molecule is C=Cc1c(CO)cccc1[N+](=O)[O-]. The number of hydrogen-bond acceptors (Lipinski definition) is 3. The van der Waals surface area contributed by atoms with E-state index in [1.54, 1.807) is 6.07 Å². The molecule has 1 aromatic carbocycles. The van der Waals surface area contributed by atoms with Crippen molar-refractivity contribution in [2.75, 3.05) is 0 Å². The number of nitro benzene ring substituents is 1. The molecule has 1 N–H and O–H groups in total. The van der Waals surface area contributed by atoms with Crippen LogP contribution in [0.5, 0.6) is 0 Å². The van der Waals surface area contributed by atoms with E-state index in [1.807, 2.05) is 0 Å². The van der Waals surface area contributed by atoms with Gasteiger partial charge in [-0.3, -0.25) is 10.1 Å². The predicted octanol–water partition coefficient (Wildman–Crippen LogP) is 1.73. The smallest absolute Gasteiger partial charge is 0.276 e. The van der Waals surface area contributed by atoms with Gasteiger partial charge in [-0.2, -0.15) is 0 Å². The predicted molar refractivity (Wildman–Crippen MR) is 49.1 cm³/mol. The third kappa shape index (κ3) is 1.73. The minimum Gasteiger partial charge on any atom is -0.392 e. The first-order chi connectivity index (χ1) is 6.20. The Labute approximate surface area is 75.3 Å². The van der Waals surface area contributed by atoms with Gasteiger partial charge in [0.25, 0.3) is 5.69 Å². The number of hydrogen-bond donors (Lipinski definition) is 1. The third-order valence-corrected chi connectivity index (χ3v) is 1.74. The van der Waals surface area contributed by atoms with Crippen LogP contribution in [0.2, 0.25) is 0 Å². The highest BCUT2D eigenvalue weighted by Gasteiger charge is 2.13. The molecule has 1 rings (SSSR count). The van der Waals surface area contributed by atoms with Crippen LogP contribution in [0.15, 0.2) is 24.8 Å². The van der Waals surface area contributed by atoms with Gasteiger partial charge in [-0.15, -0.1) is 0 Å². The van der Waals surface area contributed by atoms with Gasteiger partial charge in [0.15, 0.2) is 0 Å². The molecular weight excluding hydrogens is 170 g/mol. The van der Waals surface area contributed by atoms with Crippen molar-refractivity contribution in [3.8, 4) is 0 Å². The fourth-order valence-corrected chi connectivity index (χ4v) is 1.13. The summed E-state index contributed by atoms with van der Waals surface area (Å²) in [6.07, 6.45) is 1.38. The Balaban J connectivity index is 3.35. The molecule has 4 heteroatoms. The third-order valence-electron chi connectivity index (χ3n) is 1.74. The minimum atomic E-state index is -0.490. The van der Waals surface area contributed by atoms with Crippen molar-refractivity contribution >= 4 is 11.8 Å². The molecular formula is C9H9NO3. The van der Waals surface area contributed by atoms with E-state index < -0.39 is 4.92 Å². The maximum Gasteiger partial charge on any atom is 0.276 e. The summed E-state index contributed by atoms with van der Waals surface area (Å²) in [5.74, 6) is 0. The molecule has 0 unspecified atom stereocenters. The van der Waals surface area contributed by atoms with Gasteiger partial charge >= 0.3 is 0 Å². The summed E-state index contributed by atoms with van der Waals surface area (Å²) < 4.78 is 0. The molecule has 0 aliphatic rings. The maximum absolute atomic E-state index is 10.5. The first-order valence-electron chi connectivity index (χ1n) is 3.70. The van der Waals surface area contributed by atoms with Crippen molar-refractivity contribution in [2.45, 2.75) is 6.61 Å². The summed E-state index contributed by atoms with van der Waals surface area (Å²) in [5, 5.41) is 19.4. The van der Waals surface area contributed by atoms with Crippen molar-refractivity contribution in [3.63, 3.8) is 0 Å². The number of rotatable bonds is 3. The van der Waals surface area contributed by atoms with E-state index in [9.17, 15) is 10.1 Å². The van der Waals surface area contributed by atoms with Crippen molar-refractivity contribution in [2.24, 2.45) is 0 Å². The van der Waals surface area contributed by atoms with E-state index >= 15 is 0 Å². The normalized spacial score (nSPS) is 9.62. The van der Waals surface area contributed by atoms with E-state index in [-0.39, 0.29) is 12.3 Å². The fourth-order valence-electron chi connectivity index (χ4n) is 1.13. The first kappa shape index (κ1) is 9.41. The zero-order valence-corrected chi connectivity index (χ0v) is 6.93. The van der Waals surface area contributed by atoms with Gasteiger partial charge in [0.2, 0.25) is 0 Å². The Hall–Kier alpha value is -1.68. The molecule has 0 saturated carbocycles. The van der Waals surface area contributed by atoms with Crippen LogP contribution in [0.1, 0.15) is 11.1 Å². The van der Waals surface area contributed by atoms with Crippen LogP contribution in [-0.4, -0.2) is 10.0 Å². The average Bonchev–Trinajstić information content (AvgIpc) is 2.16. The van der Waals surface area contributed by atoms with Gasteiger partial charge in [0.05, 0.1) is 17.1 Å². The number of nitro groups is 1. The van der Waals surface area contributed by atoms with Gasteiger partial charge in [-0.25, -0.2) is 0 Å². The summed E-state index contributed by atoms with van der Waals surface area (Å²) in [6, 6.07) is 4.55. The zero-order valence-electron chi connectivity index (χ0n) is 6.93. The van der Waals surface area contributed by atoms with Gasteiger partial charge in [-0.05, 0) is 5.56 Å². The minimum absolute atomic E-state index is 0.0263. The molecule has 0 aromatic heterocycles. The molecule has 1 aromatic rings. The Morgan fingerprint density at radius 3 is 2.77 bits per heavy atom. The second-order valence-electron chi connectivity index (χ2n) is 2.47. The van der Waals surface area contributed by atoms with Gasteiger partial charge in [0, 0.05) is 6.07 Å². The molecule has 68 valence electrons. The zero-order chi connectivity index (χ0) is 9.84. The topological polar surface area (TPSA) is 63.4 Å². The van der Waals surface area contributed by atoms with E-state index in [2.05, 4.69) is 6.58 Å². The summed E-state index contributed by atoms with van der Waals surface area (Å²) >= 11 is 0. The number of aliphatic hydroxyl groups excluding tert-OH is 1. The van der Waals surface area contributed by atoms with Crippen LogP contribution in [0.25, 0.3) is 6.08 Å². The van der Waals surface area contributed by atoms with Crippen molar-refractivity contribution < 1.29 is 10.0 Å². The molecule has 0 radical (unpaired) electrons. The molecule has 0 bridgehead atoms. The molecule has 0 fully saturated rings. The monoisotopic (exact) mass is 179 g/mol. The number of benzene rings is 1. The molecule has 0 heterocycles. The largest absolute Gasteiger partial charge is 0.392 e. The van der Waals surface area contributed by atoms with Crippen LogP contribution in [0, 0.1) is 10.1 Å². The average molecular weight is 179 g/mol. The van der Waals surface area contributed by atoms with Crippen molar-refractivity contribution in [1.82, 2.24) is 0 Å². The van der Waals surface area contributed by atoms with E-state index in [0.717, 1.165) is 0 Å². The van der Waals surface area contributed by atoms with E-state index in [4.69, 9.17) is 5.11 Å². The molecule has 0 aliphatic carbocycles. The van der Waals surface area contributed by atoms with E-state index in [0.29, 0.717) is 11.1 Å². The lowest BCUT2D eigenvalue weighted by atomic mass is 10.1. The van der Waals surface area contributed by atoms with Crippen LogP contribution >= 0.6 is 0 Å². The van der Waals surface area contributed by atoms with Crippen molar-refractivity contribution in [1.29, 1.82) is 0 Å². The Bertz CT molecular complexity index is 347. The summed E-state index contributed by atoms with van der Waals surface area (Å²) in [7, 11) is 0. The lowest BCUT2D eigenvalue weighted by Gasteiger charge is -2.02. The lowest BCUT2D eigenvalue weighted by molar-refractivity contribution is -0.385. The molecule has 0 spiro atoms. The first-order valence-corrected chi connectivity index (χ1v) is 3.70. The highest BCUT2D eigenvalue weighted by atomic mass is 16.6. The van der Waals surface area contributed by atoms with Crippen LogP contribution in [0.4, 0.5) is 5.69 Å². The van der Waals surface area contributed by atoms with Gasteiger partial charge in [-0.1, -0.05) is 24.8 Å². The van der Waals surface area contributed by atoms with Crippen LogP contribution < -0.4 is 0 Å². The quantitative estimate of drug-likeness (QED) is 0.567. The number of aliphatic hydroxyl groups is 1. The van der Waals surface area contributed by atoms with Gasteiger partial charge < -0.3 is 5.11 Å². The summed E-state index contributed by atoms with van der Waals surface area (Å²) in [5.41, 5.74) is 0.876. The Kier molecular flexibility index (Phi) is 2.76. The Morgan fingerprint density at radius 2 is 2.31 bits per heavy atom. The molecule has 13 heavy (non-hydrogen) atoms. The summed E-state index contributed by atoms with van der Waals surface area (Å²) in [6.45, 7) is 3.25. The number of nitrogens with zero attached hydrogens (tertiary/aromatic N) is 1. The molecule has 0 amide bonds. The summed E-state index contributed by atoms with van der Waals surface area (Å²) in [4.78, 5) is 10.0. The second kappa shape index (κ2) is 3.82. The highest BCUT2D eigenvalue weighted by Crippen LogP contribution is 2.23. The van der Waals surface area contributed by atoms with Crippen molar-refractivity contribution in [3.05, 3.63) is 46.0 Å². The Morgan fingerprint density at radius 1 is 1.62 bits per heavy atom. The lowest BCUT2D eigenvalue weighted by Crippen LogP contribution is -1.95. The second-order valence-corrected chi connectivity index (χ2v) is 2.47. The molecule has 0 atom stereocenters. The highest BCUT2D eigenvalue weighted by molar-refractivity contribution is 5.63. The standard InChI is InChI=1S/C9H9NO3/c1-2-8-7(6-11)4-3-5-9(8)10(12)13/h2-5,11H,1,6H2. The molecule has 0 aliphatic heterocycles. The van der Waals surface area contributed by atoms with Gasteiger partial charge in [0.1, 0.15) is 0 Å².